The van der Waals surface area contributed by atoms with E-state index in [0.717, 1.165) is 5.71 Å². The Balaban J connectivity index is 3.25. The monoisotopic (exact) mass is 99.1 g/mol. The lowest BCUT2D eigenvalue weighted by molar-refractivity contribution is 0.269. The van der Waals surface area contributed by atoms with Gasteiger partial charge in [0.2, 0.25) is 0 Å². The fourth-order valence-corrected chi connectivity index (χ4v) is 0.143. The summed E-state index contributed by atoms with van der Waals surface area (Å²) in [7, 11) is 0. The van der Waals surface area contributed by atoms with E-state index in [1.54, 1.807) is 0 Å². The lowest BCUT2D eigenvalue weighted by atomic mass is 10.5. The molecular weight excluding hydrogens is 90.1 g/mol. The molecule has 0 aromatic rings. The van der Waals surface area contributed by atoms with E-state index in [4.69, 9.17) is 0 Å². The van der Waals surface area contributed by atoms with Crippen molar-refractivity contribution in [3.63, 3.8) is 0 Å². The minimum atomic E-state index is 0.889. The first-order chi connectivity index (χ1) is 3.27. The van der Waals surface area contributed by atoms with E-state index >= 15 is 0 Å². The summed E-state index contributed by atoms with van der Waals surface area (Å²) < 4.78 is 0. The van der Waals surface area contributed by atoms with Crippen molar-refractivity contribution in [1.82, 2.24) is 0 Å². The van der Waals surface area contributed by atoms with Crippen LogP contribution in [-0.2, 0) is 4.84 Å². The summed E-state index contributed by atoms with van der Waals surface area (Å²) in [5.41, 5.74) is 0.889. The molecule has 0 aliphatic rings. The van der Waals surface area contributed by atoms with Crippen LogP contribution in [0.25, 0.3) is 0 Å². The van der Waals surface area contributed by atoms with Crippen LogP contribution in [0, 0.1) is 0 Å². The van der Waals surface area contributed by atoms with Gasteiger partial charge in [-0.2, -0.15) is 0 Å². The molecule has 2 heteroatoms. The predicted molar refractivity (Wildman–Crippen MR) is 30.1 cm³/mol. The molecule has 0 fully saturated rings. The van der Waals surface area contributed by atoms with E-state index in [0.29, 0.717) is 0 Å². The van der Waals surface area contributed by atoms with E-state index in [2.05, 4.69) is 16.6 Å². The number of hydrogen-bond donors (Lipinski definition) is 0. The van der Waals surface area contributed by atoms with Gasteiger partial charge in [0.1, 0.15) is 6.26 Å². The maximum atomic E-state index is 4.45. The van der Waals surface area contributed by atoms with E-state index < -0.39 is 0 Å². The summed E-state index contributed by atoms with van der Waals surface area (Å²) in [5, 5.41) is 3.54. The molecule has 0 spiro atoms. The van der Waals surface area contributed by atoms with Gasteiger partial charge in [-0.25, -0.2) is 0 Å². The van der Waals surface area contributed by atoms with Crippen LogP contribution in [-0.4, -0.2) is 5.71 Å². The number of rotatable bonds is 2. The summed E-state index contributed by atoms with van der Waals surface area (Å²) in [6.07, 6.45) is 1.28. The molecule has 0 N–H and O–H groups in total. The lowest BCUT2D eigenvalue weighted by Gasteiger charge is -1.84. The number of hydrogen-bond acceptors (Lipinski definition) is 2. The van der Waals surface area contributed by atoms with Gasteiger partial charge < -0.3 is 4.84 Å². The van der Waals surface area contributed by atoms with Crippen molar-refractivity contribution in [3.8, 4) is 0 Å². The van der Waals surface area contributed by atoms with E-state index in [9.17, 15) is 0 Å². The van der Waals surface area contributed by atoms with Gasteiger partial charge in [-0.05, 0) is 13.8 Å². The van der Waals surface area contributed by atoms with E-state index in [1.807, 2.05) is 13.8 Å². The molecule has 0 heterocycles. The van der Waals surface area contributed by atoms with Gasteiger partial charge >= 0.3 is 0 Å². The lowest BCUT2D eigenvalue weighted by Crippen LogP contribution is -1.78. The molecule has 0 amide bonds. The van der Waals surface area contributed by atoms with Gasteiger partial charge in [-0.3, -0.25) is 0 Å². The van der Waals surface area contributed by atoms with Gasteiger partial charge in [-0.1, -0.05) is 11.7 Å². The van der Waals surface area contributed by atoms with Crippen LogP contribution in [0.1, 0.15) is 13.8 Å². The van der Waals surface area contributed by atoms with Crippen molar-refractivity contribution in [2.45, 2.75) is 13.8 Å². The molecule has 0 saturated carbocycles. The molecular formula is C5H9NO. The number of nitrogens with zero attached hydrogens (tertiary/aromatic N) is 1. The van der Waals surface area contributed by atoms with Crippen molar-refractivity contribution < 1.29 is 4.84 Å². The Kier molecular flexibility index (Phi) is 3.02. The Morgan fingerprint density at radius 3 is 2.43 bits per heavy atom. The minimum Gasteiger partial charge on any atom is -0.366 e. The molecule has 40 valence electrons. The topological polar surface area (TPSA) is 21.6 Å². The van der Waals surface area contributed by atoms with Crippen LogP contribution in [0.4, 0.5) is 0 Å². The minimum absolute atomic E-state index is 0.889. The number of oxime groups is 1. The summed E-state index contributed by atoms with van der Waals surface area (Å²) in [5.74, 6) is 0. The average Bonchev–Trinajstić information content (AvgIpc) is 1.61. The van der Waals surface area contributed by atoms with E-state index in [1.165, 1.54) is 6.26 Å². The third-order valence-corrected chi connectivity index (χ3v) is 0.310. The molecule has 2 nitrogen and oxygen atoms in total. The molecule has 0 saturated heterocycles. The van der Waals surface area contributed by atoms with Gasteiger partial charge in [0.15, 0.2) is 0 Å². The second-order valence-electron chi connectivity index (χ2n) is 1.31. The van der Waals surface area contributed by atoms with Crippen LogP contribution in [0.2, 0.25) is 0 Å². The third kappa shape index (κ3) is 5.21. The fourth-order valence-electron chi connectivity index (χ4n) is 0.143. The standard InChI is InChI=1S/C5H9NO/c1-4-7-6-5(2)3/h4H,1H2,2-3H3. The van der Waals surface area contributed by atoms with Crippen LogP contribution < -0.4 is 0 Å². The van der Waals surface area contributed by atoms with Crippen molar-refractivity contribution in [3.05, 3.63) is 12.8 Å². The summed E-state index contributed by atoms with van der Waals surface area (Å²) in [4.78, 5) is 4.45. The Labute approximate surface area is 43.5 Å². The molecule has 0 aromatic carbocycles. The van der Waals surface area contributed by atoms with Crippen molar-refractivity contribution in [2.75, 3.05) is 0 Å². The SMILES string of the molecule is C=CON=C(C)C. The zero-order valence-corrected chi connectivity index (χ0v) is 4.64. The van der Waals surface area contributed by atoms with Gasteiger partial charge in [0.25, 0.3) is 0 Å². The molecule has 7 heavy (non-hydrogen) atoms. The van der Waals surface area contributed by atoms with Gasteiger partial charge in [0.05, 0.1) is 5.71 Å². The Morgan fingerprint density at radius 2 is 2.29 bits per heavy atom. The first-order valence-electron chi connectivity index (χ1n) is 2.05. The Morgan fingerprint density at radius 1 is 1.71 bits per heavy atom. The fraction of sp³-hybridized carbons (Fsp3) is 0.400. The molecule has 0 unspecified atom stereocenters. The first-order valence-corrected chi connectivity index (χ1v) is 2.05. The maximum Gasteiger partial charge on any atom is 0.114 e. The Hall–Kier alpha value is -0.790. The highest BCUT2D eigenvalue weighted by atomic mass is 16.6. The molecule has 0 radical (unpaired) electrons. The largest absolute Gasteiger partial charge is 0.366 e. The van der Waals surface area contributed by atoms with Crippen molar-refractivity contribution in [1.29, 1.82) is 0 Å². The predicted octanol–water partition coefficient (Wildman–Crippen LogP) is 1.54. The second-order valence-corrected chi connectivity index (χ2v) is 1.31. The highest BCUT2D eigenvalue weighted by molar-refractivity contribution is 5.78. The normalized spacial score (nSPS) is 7.14. The molecule has 0 aliphatic heterocycles. The molecule has 0 atom stereocenters. The Bertz CT molecular complexity index is 82.1. The van der Waals surface area contributed by atoms with Crippen LogP contribution in [0.15, 0.2) is 18.0 Å². The van der Waals surface area contributed by atoms with Crippen LogP contribution in [0.3, 0.4) is 0 Å². The maximum absolute atomic E-state index is 4.45. The summed E-state index contributed by atoms with van der Waals surface area (Å²) in [6.45, 7) is 7.00. The molecule has 0 aliphatic carbocycles. The highest BCUT2D eigenvalue weighted by Crippen LogP contribution is 1.76. The summed E-state index contributed by atoms with van der Waals surface area (Å²) >= 11 is 0. The molecule has 0 rings (SSSR count). The highest BCUT2D eigenvalue weighted by Gasteiger charge is 1.70. The smallest absolute Gasteiger partial charge is 0.114 e. The van der Waals surface area contributed by atoms with Crippen molar-refractivity contribution in [2.24, 2.45) is 5.16 Å². The third-order valence-electron chi connectivity index (χ3n) is 0.310. The quantitative estimate of drug-likeness (QED) is 0.292. The van der Waals surface area contributed by atoms with Gasteiger partial charge in [0, 0.05) is 0 Å². The zero-order chi connectivity index (χ0) is 5.70. The zero-order valence-electron chi connectivity index (χ0n) is 4.64. The second kappa shape index (κ2) is 3.40. The first kappa shape index (κ1) is 6.21. The van der Waals surface area contributed by atoms with Crippen LogP contribution >= 0.6 is 0 Å². The van der Waals surface area contributed by atoms with Crippen molar-refractivity contribution >= 4 is 5.71 Å². The van der Waals surface area contributed by atoms with Crippen LogP contribution in [0.5, 0.6) is 0 Å². The summed E-state index contributed by atoms with van der Waals surface area (Å²) in [6, 6.07) is 0. The van der Waals surface area contributed by atoms with Gasteiger partial charge in [-0.15, -0.1) is 0 Å². The average molecular weight is 99.1 g/mol. The molecule has 0 bridgehead atoms. The molecule has 0 aromatic heterocycles. The van der Waals surface area contributed by atoms with E-state index in [-0.39, 0.29) is 0 Å².